The second kappa shape index (κ2) is 4.82. The highest BCUT2D eigenvalue weighted by Gasteiger charge is 2.14. The molecule has 0 spiro atoms. The Hall–Kier alpha value is -1.79. The molecule has 88 valence electrons. The average molecular weight is 236 g/mol. The topological polar surface area (TPSA) is 55.1 Å². The van der Waals surface area contributed by atoms with Crippen molar-refractivity contribution in [1.29, 1.82) is 0 Å². The van der Waals surface area contributed by atoms with Gasteiger partial charge in [-0.3, -0.25) is 4.79 Å². The van der Waals surface area contributed by atoms with E-state index >= 15 is 0 Å². The highest BCUT2D eigenvalue weighted by atomic mass is 19.3. The Morgan fingerprint density at radius 2 is 1.81 bits per heavy atom. The van der Waals surface area contributed by atoms with E-state index in [4.69, 9.17) is 5.73 Å². The lowest BCUT2D eigenvalue weighted by Crippen LogP contribution is -2.28. The van der Waals surface area contributed by atoms with Crippen LogP contribution >= 0.6 is 0 Å². The molecule has 0 fully saturated rings. The van der Waals surface area contributed by atoms with Gasteiger partial charge in [-0.05, 0) is 12.1 Å². The zero-order chi connectivity index (χ0) is 12.3. The molecule has 7 heteroatoms. The van der Waals surface area contributed by atoms with Gasteiger partial charge in [0.2, 0.25) is 0 Å². The third kappa shape index (κ3) is 2.85. The van der Waals surface area contributed by atoms with Gasteiger partial charge < -0.3 is 11.1 Å². The van der Waals surface area contributed by atoms with Gasteiger partial charge >= 0.3 is 0 Å². The van der Waals surface area contributed by atoms with Crippen molar-refractivity contribution in [2.45, 2.75) is 6.43 Å². The summed E-state index contributed by atoms with van der Waals surface area (Å²) in [4.78, 5) is 11.1. The van der Waals surface area contributed by atoms with Crippen LogP contribution in [0.4, 0.5) is 23.2 Å². The van der Waals surface area contributed by atoms with Crippen LogP contribution in [0.5, 0.6) is 0 Å². The summed E-state index contributed by atoms with van der Waals surface area (Å²) in [6.07, 6.45) is -2.73. The Morgan fingerprint density at radius 3 is 2.25 bits per heavy atom. The SMILES string of the molecule is Nc1c(F)cc(C(=O)NCC(F)F)cc1F. The molecule has 0 saturated heterocycles. The first-order valence-corrected chi connectivity index (χ1v) is 4.22. The molecule has 1 rings (SSSR count). The van der Waals surface area contributed by atoms with Crippen LogP contribution in [0.15, 0.2) is 12.1 Å². The van der Waals surface area contributed by atoms with Crippen LogP contribution in [0.25, 0.3) is 0 Å². The highest BCUT2D eigenvalue weighted by molar-refractivity contribution is 5.94. The van der Waals surface area contributed by atoms with Crippen LogP contribution in [0, 0.1) is 11.6 Å². The summed E-state index contributed by atoms with van der Waals surface area (Å²) in [5.74, 6) is -3.21. The Morgan fingerprint density at radius 1 is 1.31 bits per heavy atom. The fourth-order valence-electron chi connectivity index (χ4n) is 0.987. The van der Waals surface area contributed by atoms with Crippen molar-refractivity contribution in [3.63, 3.8) is 0 Å². The third-order valence-corrected chi connectivity index (χ3v) is 1.76. The Balaban J connectivity index is 2.84. The molecule has 1 amide bonds. The number of hydrogen-bond donors (Lipinski definition) is 2. The van der Waals surface area contributed by atoms with Gasteiger partial charge in [-0.15, -0.1) is 0 Å². The van der Waals surface area contributed by atoms with E-state index in [0.29, 0.717) is 12.1 Å². The monoisotopic (exact) mass is 236 g/mol. The first kappa shape index (κ1) is 12.3. The number of carbonyl (C=O) groups excluding carboxylic acids is 1. The average Bonchev–Trinajstić information content (AvgIpc) is 2.21. The summed E-state index contributed by atoms with van der Waals surface area (Å²) in [7, 11) is 0. The number of nitrogens with two attached hydrogens (primary N) is 1. The molecule has 0 aliphatic rings. The van der Waals surface area contributed by atoms with Gasteiger partial charge in [0.05, 0.1) is 6.54 Å². The van der Waals surface area contributed by atoms with Crippen LogP contribution in [0.1, 0.15) is 10.4 Å². The van der Waals surface area contributed by atoms with Gasteiger partial charge in [0, 0.05) is 5.56 Å². The quantitative estimate of drug-likeness (QED) is 0.617. The second-order valence-electron chi connectivity index (χ2n) is 2.95. The van der Waals surface area contributed by atoms with Crippen molar-refractivity contribution < 1.29 is 22.4 Å². The molecule has 0 aromatic heterocycles. The second-order valence-corrected chi connectivity index (χ2v) is 2.95. The summed E-state index contributed by atoms with van der Waals surface area (Å²) >= 11 is 0. The highest BCUT2D eigenvalue weighted by Crippen LogP contribution is 2.17. The van der Waals surface area contributed by atoms with Crippen molar-refractivity contribution in [1.82, 2.24) is 5.32 Å². The smallest absolute Gasteiger partial charge is 0.255 e. The molecule has 3 nitrogen and oxygen atoms in total. The van der Waals surface area contributed by atoms with Gasteiger partial charge in [0.1, 0.15) is 17.3 Å². The molecule has 0 atom stereocenters. The summed E-state index contributed by atoms with van der Waals surface area (Å²) < 4.78 is 49.3. The maximum absolute atomic E-state index is 12.9. The number of carbonyl (C=O) groups is 1. The zero-order valence-corrected chi connectivity index (χ0v) is 7.94. The van der Waals surface area contributed by atoms with E-state index in [2.05, 4.69) is 0 Å². The molecule has 0 aliphatic carbocycles. The number of rotatable bonds is 3. The molecule has 1 aromatic carbocycles. The normalized spacial score (nSPS) is 10.6. The molecule has 0 aliphatic heterocycles. The predicted molar refractivity (Wildman–Crippen MR) is 49.1 cm³/mol. The Kier molecular flexibility index (Phi) is 3.70. The van der Waals surface area contributed by atoms with E-state index in [-0.39, 0.29) is 0 Å². The first-order chi connectivity index (χ1) is 7.41. The minimum Gasteiger partial charge on any atom is -0.394 e. The lowest BCUT2D eigenvalue weighted by molar-refractivity contribution is 0.0891. The van der Waals surface area contributed by atoms with E-state index in [1.807, 2.05) is 5.32 Å². The number of anilines is 1. The summed E-state index contributed by atoms with van der Waals surface area (Å²) in [6, 6.07) is 1.36. The Labute approximate surface area is 88.2 Å². The van der Waals surface area contributed by atoms with E-state index in [1.54, 1.807) is 0 Å². The lowest BCUT2D eigenvalue weighted by Gasteiger charge is -2.06. The number of nitrogens with one attached hydrogen (secondary N) is 1. The number of hydrogen-bond acceptors (Lipinski definition) is 2. The van der Waals surface area contributed by atoms with Crippen LogP contribution in [-0.4, -0.2) is 18.9 Å². The third-order valence-electron chi connectivity index (χ3n) is 1.76. The number of halogens is 4. The van der Waals surface area contributed by atoms with Crippen LogP contribution in [0.3, 0.4) is 0 Å². The minimum absolute atomic E-state index is 0.398. The summed E-state index contributed by atoms with van der Waals surface area (Å²) in [5.41, 5.74) is 3.86. The van der Waals surface area contributed by atoms with E-state index in [9.17, 15) is 22.4 Å². The maximum Gasteiger partial charge on any atom is 0.255 e. The molecule has 0 saturated carbocycles. The molecule has 1 aromatic rings. The predicted octanol–water partition coefficient (Wildman–Crippen LogP) is 1.54. The summed E-state index contributed by atoms with van der Waals surface area (Å²) in [5, 5.41) is 1.81. The van der Waals surface area contributed by atoms with Gasteiger partial charge in [-0.1, -0.05) is 0 Å². The number of amides is 1. The molecule has 0 unspecified atom stereocenters. The summed E-state index contributed by atoms with van der Waals surface area (Å²) in [6.45, 7) is -0.882. The number of nitrogen functional groups attached to an aromatic ring is 1. The standard InChI is InChI=1S/C9H8F4N2O/c10-5-1-4(2-6(11)8(5)14)9(16)15-3-7(12)13/h1-2,7H,3,14H2,(H,15,16). The number of benzene rings is 1. The van der Waals surface area contributed by atoms with E-state index in [1.165, 1.54) is 0 Å². The van der Waals surface area contributed by atoms with Crippen LogP contribution < -0.4 is 11.1 Å². The van der Waals surface area contributed by atoms with E-state index < -0.39 is 41.8 Å². The van der Waals surface area contributed by atoms with Crippen molar-refractivity contribution >= 4 is 11.6 Å². The van der Waals surface area contributed by atoms with Crippen molar-refractivity contribution in [2.75, 3.05) is 12.3 Å². The molecular weight excluding hydrogens is 228 g/mol. The first-order valence-electron chi connectivity index (χ1n) is 4.22. The van der Waals surface area contributed by atoms with Gasteiger partial charge in [0.25, 0.3) is 12.3 Å². The van der Waals surface area contributed by atoms with Crippen molar-refractivity contribution in [3.05, 3.63) is 29.3 Å². The van der Waals surface area contributed by atoms with Crippen molar-refractivity contribution in [2.24, 2.45) is 0 Å². The fourth-order valence-corrected chi connectivity index (χ4v) is 0.987. The minimum atomic E-state index is -2.73. The van der Waals surface area contributed by atoms with Crippen molar-refractivity contribution in [3.8, 4) is 0 Å². The molecule has 3 N–H and O–H groups in total. The van der Waals surface area contributed by atoms with Crippen LogP contribution in [-0.2, 0) is 0 Å². The Bertz CT molecular complexity index is 385. The van der Waals surface area contributed by atoms with E-state index in [0.717, 1.165) is 0 Å². The number of alkyl halides is 2. The lowest BCUT2D eigenvalue weighted by atomic mass is 10.1. The molecule has 0 radical (unpaired) electrons. The van der Waals surface area contributed by atoms with Gasteiger partial charge in [0.15, 0.2) is 0 Å². The fraction of sp³-hybridized carbons (Fsp3) is 0.222. The maximum atomic E-state index is 12.9. The van der Waals surface area contributed by atoms with Crippen LogP contribution in [0.2, 0.25) is 0 Å². The zero-order valence-electron chi connectivity index (χ0n) is 7.94. The van der Waals surface area contributed by atoms with Gasteiger partial charge in [-0.25, -0.2) is 17.6 Å². The molecule has 16 heavy (non-hydrogen) atoms. The van der Waals surface area contributed by atoms with Gasteiger partial charge in [-0.2, -0.15) is 0 Å². The molecule has 0 heterocycles. The largest absolute Gasteiger partial charge is 0.394 e. The molecular formula is C9H8F4N2O. The molecule has 0 bridgehead atoms.